The molecule has 0 radical (unpaired) electrons. The number of nitrogens with two attached hydrogens (primary N) is 1. The molecule has 0 spiro atoms. The van der Waals surface area contributed by atoms with Crippen LogP contribution in [0.4, 0.5) is 0 Å². The highest BCUT2D eigenvalue weighted by atomic mass is 16.4. The number of carboxylic acids is 1. The molecule has 1 atom stereocenters. The Bertz CT molecular complexity index is 394. The van der Waals surface area contributed by atoms with E-state index in [0.717, 1.165) is 32.6 Å². The zero-order chi connectivity index (χ0) is 25.1. The summed E-state index contributed by atoms with van der Waals surface area (Å²) in [5.41, 5.74) is 5.76. The van der Waals surface area contributed by atoms with Crippen LogP contribution in [-0.4, -0.2) is 43.3 Å². The van der Waals surface area contributed by atoms with Crippen molar-refractivity contribution in [1.29, 1.82) is 0 Å². The first kappa shape index (κ1) is 33.4. The Balaban J connectivity index is 3.82. The Morgan fingerprint density at radius 3 is 1.38 bits per heavy atom. The van der Waals surface area contributed by atoms with Gasteiger partial charge in [-0.1, -0.05) is 90.9 Å². The third-order valence-corrected chi connectivity index (χ3v) is 7.05. The molecule has 5 heteroatoms. The maximum atomic E-state index is 11.1. The molecule has 0 saturated heterocycles. The first-order chi connectivity index (χ1) is 16.6. The zero-order valence-corrected chi connectivity index (χ0v) is 23.1. The maximum Gasteiger partial charge on any atom is 0.320 e. The highest BCUT2D eigenvalue weighted by molar-refractivity contribution is 5.72. The first-order valence-corrected chi connectivity index (χ1v) is 15.0. The van der Waals surface area contributed by atoms with E-state index >= 15 is 0 Å². The Labute approximate surface area is 212 Å². The number of hydrogen-bond donors (Lipinski definition) is 4. The molecule has 0 aromatic carbocycles. The van der Waals surface area contributed by atoms with Crippen molar-refractivity contribution in [3.05, 3.63) is 0 Å². The molecule has 0 bridgehead atoms. The molecule has 0 fully saturated rings. The van der Waals surface area contributed by atoms with E-state index in [4.69, 9.17) is 10.8 Å². The van der Waals surface area contributed by atoms with E-state index in [9.17, 15) is 4.79 Å². The molecule has 0 amide bonds. The summed E-state index contributed by atoms with van der Waals surface area (Å²) in [6.45, 7) is 8.95. The highest BCUT2D eigenvalue weighted by Crippen LogP contribution is 2.20. The van der Waals surface area contributed by atoms with Crippen LogP contribution < -0.4 is 16.4 Å². The second-order valence-corrected chi connectivity index (χ2v) is 10.4. The lowest BCUT2D eigenvalue weighted by atomic mass is 9.91. The molecule has 0 rings (SSSR count). The second kappa shape index (κ2) is 26.9. The van der Waals surface area contributed by atoms with Gasteiger partial charge in [-0.3, -0.25) is 4.79 Å². The van der Waals surface area contributed by atoms with Crippen molar-refractivity contribution < 1.29 is 9.90 Å². The first-order valence-electron chi connectivity index (χ1n) is 15.0. The third kappa shape index (κ3) is 24.5. The van der Waals surface area contributed by atoms with Crippen LogP contribution in [0.1, 0.15) is 142 Å². The van der Waals surface area contributed by atoms with Crippen molar-refractivity contribution in [2.45, 2.75) is 148 Å². The van der Waals surface area contributed by atoms with Gasteiger partial charge in [0, 0.05) is 0 Å². The molecular formula is C29H61N3O2. The molecule has 5 nitrogen and oxygen atoms in total. The molecule has 0 unspecified atom stereocenters. The van der Waals surface area contributed by atoms with Crippen molar-refractivity contribution in [3.8, 4) is 0 Å². The minimum Gasteiger partial charge on any atom is -0.480 e. The van der Waals surface area contributed by atoms with Gasteiger partial charge in [0.1, 0.15) is 6.04 Å². The van der Waals surface area contributed by atoms with Crippen molar-refractivity contribution in [1.82, 2.24) is 10.6 Å². The van der Waals surface area contributed by atoms with Gasteiger partial charge >= 0.3 is 5.97 Å². The van der Waals surface area contributed by atoms with E-state index in [2.05, 4.69) is 24.5 Å². The summed E-state index contributed by atoms with van der Waals surface area (Å²) in [6.07, 6.45) is 25.2. The van der Waals surface area contributed by atoms with Gasteiger partial charge in [0.25, 0.3) is 0 Å². The lowest BCUT2D eigenvalue weighted by Crippen LogP contribution is -2.30. The molecular weight excluding hydrogens is 422 g/mol. The summed E-state index contributed by atoms with van der Waals surface area (Å²) in [4.78, 5) is 11.1. The second-order valence-electron chi connectivity index (χ2n) is 10.4. The Morgan fingerprint density at radius 2 is 0.971 bits per heavy atom. The van der Waals surface area contributed by atoms with Crippen molar-refractivity contribution >= 4 is 5.97 Å². The van der Waals surface area contributed by atoms with Crippen LogP contribution in [0.2, 0.25) is 0 Å². The van der Waals surface area contributed by atoms with Crippen LogP contribution in [0.25, 0.3) is 0 Å². The van der Waals surface area contributed by atoms with Gasteiger partial charge in [-0.25, -0.2) is 0 Å². The van der Waals surface area contributed by atoms with E-state index in [1.165, 1.54) is 116 Å². The minimum absolute atomic E-state index is 0.589. The van der Waals surface area contributed by atoms with E-state index in [1.807, 2.05) is 0 Å². The standard InChI is InChI=1S/C29H61N3O2/c1-3-5-7-9-11-13-15-23-31-25-17-19-27(21-22-28(30)29(33)34)20-18-26-32-24-16-14-12-10-8-6-4-2/h27-28,31-32H,3-26,30H2,1-2H3,(H,33,34)/t28-/m1/s1. The average Bonchev–Trinajstić information content (AvgIpc) is 2.83. The van der Waals surface area contributed by atoms with Gasteiger partial charge < -0.3 is 21.5 Å². The molecule has 0 aliphatic heterocycles. The predicted molar refractivity (Wildman–Crippen MR) is 149 cm³/mol. The summed E-state index contributed by atoms with van der Waals surface area (Å²) < 4.78 is 0. The number of rotatable bonds is 28. The van der Waals surface area contributed by atoms with E-state index in [-0.39, 0.29) is 0 Å². The number of carbonyl (C=O) groups is 1. The van der Waals surface area contributed by atoms with Crippen molar-refractivity contribution in [2.75, 3.05) is 26.2 Å². The topological polar surface area (TPSA) is 87.4 Å². The van der Waals surface area contributed by atoms with Gasteiger partial charge in [-0.05, 0) is 83.5 Å². The normalized spacial score (nSPS) is 12.5. The van der Waals surface area contributed by atoms with Gasteiger partial charge in [0.05, 0.1) is 0 Å². The molecule has 0 aromatic heterocycles. The Kier molecular flexibility index (Phi) is 26.4. The van der Waals surface area contributed by atoms with Crippen LogP contribution in [0.15, 0.2) is 0 Å². The van der Waals surface area contributed by atoms with Crippen LogP contribution in [0, 0.1) is 5.92 Å². The third-order valence-electron chi connectivity index (χ3n) is 7.05. The zero-order valence-electron chi connectivity index (χ0n) is 23.1. The monoisotopic (exact) mass is 483 g/mol. The largest absolute Gasteiger partial charge is 0.480 e. The molecule has 34 heavy (non-hydrogen) atoms. The van der Waals surface area contributed by atoms with E-state index in [1.54, 1.807) is 0 Å². The summed E-state index contributed by atoms with van der Waals surface area (Å²) in [6, 6.07) is -0.714. The number of nitrogens with one attached hydrogen (secondary N) is 2. The number of unbranched alkanes of at least 4 members (excludes halogenated alkanes) is 12. The van der Waals surface area contributed by atoms with Gasteiger partial charge in [0.15, 0.2) is 0 Å². The average molecular weight is 484 g/mol. The predicted octanol–water partition coefficient (Wildman–Crippen LogP) is 7.04. The smallest absolute Gasteiger partial charge is 0.320 e. The van der Waals surface area contributed by atoms with Gasteiger partial charge in [-0.15, -0.1) is 0 Å². The lowest BCUT2D eigenvalue weighted by Gasteiger charge is -2.18. The molecule has 204 valence electrons. The summed E-state index contributed by atoms with van der Waals surface area (Å²) in [5, 5.41) is 16.3. The molecule has 0 aromatic rings. The van der Waals surface area contributed by atoms with Crippen LogP contribution >= 0.6 is 0 Å². The maximum absolute atomic E-state index is 11.1. The number of hydrogen-bond acceptors (Lipinski definition) is 4. The quantitative estimate of drug-likeness (QED) is 0.0897. The fraction of sp³-hybridized carbons (Fsp3) is 0.966. The van der Waals surface area contributed by atoms with E-state index < -0.39 is 12.0 Å². The SMILES string of the molecule is CCCCCCCCCNCCCC(CCCNCCCCCCCCC)CC[C@@H](N)C(=O)O. The van der Waals surface area contributed by atoms with Crippen LogP contribution in [0.3, 0.4) is 0 Å². The number of carboxylic acid groups (broad SMARTS) is 1. The van der Waals surface area contributed by atoms with E-state index in [0.29, 0.717) is 12.3 Å². The summed E-state index contributed by atoms with van der Waals surface area (Å²) in [7, 11) is 0. The fourth-order valence-electron chi connectivity index (χ4n) is 4.67. The lowest BCUT2D eigenvalue weighted by molar-refractivity contribution is -0.138. The van der Waals surface area contributed by atoms with Crippen molar-refractivity contribution in [3.63, 3.8) is 0 Å². The van der Waals surface area contributed by atoms with Crippen LogP contribution in [0.5, 0.6) is 0 Å². The van der Waals surface area contributed by atoms with Crippen LogP contribution in [-0.2, 0) is 4.79 Å². The number of aliphatic carboxylic acids is 1. The molecule has 0 aliphatic rings. The highest BCUT2D eigenvalue weighted by Gasteiger charge is 2.15. The molecule has 0 heterocycles. The molecule has 0 saturated carbocycles. The molecule has 5 N–H and O–H groups in total. The molecule has 0 aliphatic carbocycles. The summed E-state index contributed by atoms with van der Waals surface area (Å²) in [5.74, 6) is -0.280. The minimum atomic E-state index is -0.869. The van der Waals surface area contributed by atoms with Gasteiger partial charge in [0.2, 0.25) is 0 Å². The van der Waals surface area contributed by atoms with Gasteiger partial charge in [-0.2, -0.15) is 0 Å². The Hall–Kier alpha value is -0.650. The van der Waals surface area contributed by atoms with Crippen molar-refractivity contribution in [2.24, 2.45) is 11.7 Å². The summed E-state index contributed by atoms with van der Waals surface area (Å²) >= 11 is 0. The Morgan fingerprint density at radius 1 is 0.588 bits per heavy atom. The fourth-order valence-corrected chi connectivity index (χ4v) is 4.67.